The number of nitrogens with one attached hydrogen (secondary N) is 2. The first kappa shape index (κ1) is 17.3. The monoisotopic (exact) mass is 318 g/mol. The van der Waals surface area contributed by atoms with Crippen molar-refractivity contribution >= 4 is 17.4 Å². The molecule has 0 aliphatic carbocycles. The van der Waals surface area contributed by atoms with Gasteiger partial charge in [-0.25, -0.2) is 10.5 Å². The van der Waals surface area contributed by atoms with Gasteiger partial charge in [0, 0.05) is 5.69 Å². The van der Waals surface area contributed by atoms with E-state index in [1.807, 2.05) is 0 Å². The SMILES string of the molecule is CCCCCc1c(NCC(=O)NO)nc2c(CC)ccc(C)n12. The van der Waals surface area contributed by atoms with E-state index in [1.54, 1.807) is 5.48 Å². The Balaban J connectivity index is 2.43. The summed E-state index contributed by atoms with van der Waals surface area (Å²) in [6.45, 7) is 6.37. The van der Waals surface area contributed by atoms with E-state index >= 15 is 0 Å². The minimum Gasteiger partial charge on any atom is -0.359 e. The lowest BCUT2D eigenvalue weighted by molar-refractivity contribution is -0.127. The van der Waals surface area contributed by atoms with E-state index in [9.17, 15) is 4.79 Å². The Morgan fingerprint density at radius 1 is 1.30 bits per heavy atom. The molecule has 0 spiro atoms. The van der Waals surface area contributed by atoms with Crippen LogP contribution in [0.25, 0.3) is 5.65 Å². The van der Waals surface area contributed by atoms with E-state index in [0.29, 0.717) is 0 Å². The van der Waals surface area contributed by atoms with E-state index in [0.717, 1.165) is 55.0 Å². The molecule has 23 heavy (non-hydrogen) atoms. The van der Waals surface area contributed by atoms with Crippen LogP contribution in [0.2, 0.25) is 0 Å². The fourth-order valence-electron chi connectivity index (χ4n) is 2.81. The zero-order valence-corrected chi connectivity index (χ0v) is 14.1. The van der Waals surface area contributed by atoms with Crippen LogP contribution in [-0.2, 0) is 17.6 Å². The molecule has 6 heteroatoms. The van der Waals surface area contributed by atoms with Crippen molar-refractivity contribution in [1.82, 2.24) is 14.9 Å². The van der Waals surface area contributed by atoms with Crippen LogP contribution in [0.3, 0.4) is 0 Å². The van der Waals surface area contributed by atoms with Crippen molar-refractivity contribution in [2.45, 2.75) is 52.9 Å². The molecular weight excluding hydrogens is 292 g/mol. The number of carbonyl (C=O) groups is 1. The molecule has 2 aromatic rings. The van der Waals surface area contributed by atoms with Crippen LogP contribution in [0.4, 0.5) is 5.82 Å². The first-order chi connectivity index (χ1) is 11.1. The van der Waals surface area contributed by atoms with Crippen LogP contribution in [0.5, 0.6) is 0 Å². The van der Waals surface area contributed by atoms with E-state index in [4.69, 9.17) is 10.2 Å². The Morgan fingerprint density at radius 2 is 2.09 bits per heavy atom. The number of hydroxylamine groups is 1. The van der Waals surface area contributed by atoms with Gasteiger partial charge in [-0.2, -0.15) is 0 Å². The van der Waals surface area contributed by atoms with Crippen LogP contribution in [0.1, 0.15) is 50.1 Å². The zero-order chi connectivity index (χ0) is 16.8. The van der Waals surface area contributed by atoms with Crippen molar-refractivity contribution < 1.29 is 10.0 Å². The van der Waals surface area contributed by atoms with Gasteiger partial charge in [0.15, 0.2) is 0 Å². The highest BCUT2D eigenvalue weighted by atomic mass is 16.5. The lowest BCUT2D eigenvalue weighted by Gasteiger charge is -2.09. The molecule has 0 bridgehead atoms. The number of imidazole rings is 1. The Hall–Kier alpha value is -2.08. The number of fused-ring (bicyclic) bond motifs is 1. The summed E-state index contributed by atoms with van der Waals surface area (Å²) in [4.78, 5) is 16.0. The maximum atomic E-state index is 11.3. The lowest BCUT2D eigenvalue weighted by Crippen LogP contribution is -2.27. The van der Waals surface area contributed by atoms with Crippen molar-refractivity contribution in [2.24, 2.45) is 0 Å². The minimum absolute atomic E-state index is 0.00165. The molecule has 2 aromatic heterocycles. The Bertz CT molecular complexity index is 679. The van der Waals surface area contributed by atoms with Crippen LogP contribution in [0, 0.1) is 6.92 Å². The van der Waals surface area contributed by atoms with Crippen LogP contribution < -0.4 is 10.8 Å². The predicted octanol–water partition coefficient (Wildman–Crippen LogP) is 2.86. The maximum absolute atomic E-state index is 11.3. The Morgan fingerprint density at radius 3 is 2.74 bits per heavy atom. The zero-order valence-electron chi connectivity index (χ0n) is 14.1. The highest BCUT2D eigenvalue weighted by Crippen LogP contribution is 2.24. The standard InChI is InChI=1S/C17H26N4O2/c1-4-6-7-8-14-16(18-11-15(22)20-23)19-17-13(5-2)10-9-12(3)21(14)17/h9-10,18,23H,4-8,11H2,1-3H3,(H,20,22). The number of unbranched alkanes of at least 4 members (excludes halogenated alkanes) is 2. The Kier molecular flexibility index (Phi) is 5.98. The van der Waals surface area contributed by atoms with Gasteiger partial charge >= 0.3 is 0 Å². The maximum Gasteiger partial charge on any atom is 0.262 e. The molecule has 0 saturated heterocycles. The van der Waals surface area contributed by atoms with Crippen molar-refractivity contribution in [3.63, 3.8) is 0 Å². The second kappa shape index (κ2) is 7.97. The normalized spacial score (nSPS) is 11.0. The van der Waals surface area contributed by atoms with E-state index in [2.05, 4.69) is 42.6 Å². The molecule has 0 aliphatic heterocycles. The van der Waals surface area contributed by atoms with Crippen LogP contribution in [0.15, 0.2) is 12.1 Å². The highest BCUT2D eigenvalue weighted by molar-refractivity contribution is 5.79. The molecule has 126 valence electrons. The molecule has 0 unspecified atom stereocenters. The first-order valence-corrected chi connectivity index (χ1v) is 8.28. The summed E-state index contributed by atoms with van der Waals surface area (Å²) < 4.78 is 2.19. The largest absolute Gasteiger partial charge is 0.359 e. The van der Waals surface area contributed by atoms with Gasteiger partial charge in [-0.05, 0) is 37.8 Å². The number of hydrogen-bond acceptors (Lipinski definition) is 4. The number of nitrogens with zero attached hydrogens (tertiary/aromatic N) is 2. The third kappa shape index (κ3) is 3.82. The first-order valence-electron chi connectivity index (χ1n) is 8.28. The van der Waals surface area contributed by atoms with E-state index < -0.39 is 5.91 Å². The molecule has 0 radical (unpaired) electrons. The molecule has 2 rings (SSSR count). The molecule has 1 amide bonds. The number of aromatic nitrogens is 2. The quantitative estimate of drug-likeness (QED) is 0.397. The third-order valence-corrected chi connectivity index (χ3v) is 4.08. The summed E-state index contributed by atoms with van der Waals surface area (Å²) in [6, 6.07) is 4.22. The second-order valence-corrected chi connectivity index (χ2v) is 5.77. The van der Waals surface area contributed by atoms with Crippen molar-refractivity contribution in [3.8, 4) is 0 Å². The van der Waals surface area contributed by atoms with Crippen LogP contribution >= 0.6 is 0 Å². The molecule has 0 aliphatic rings. The van der Waals surface area contributed by atoms with Crippen molar-refractivity contribution in [2.75, 3.05) is 11.9 Å². The molecule has 6 nitrogen and oxygen atoms in total. The second-order valence-electron chi connectivity index (χ2n) is 5.77. The summed E-state index contributed by atoms with van der Waals surface area (Å²) in [6.07, 6.45) is 5.22. The summed E-state index contributed by atoms with van der Waals surface area (Å²) >= 11 is 0. The van der Waals surface area contributed by atoms with Gasteiger partial charge in [0.2, 0.25) is 0 Å². The third-order valence-electron chi connectivity index (χ3n) is 4.08. The minimum atomic E-state index is -0.478. The molecule has 2 heterocycles. The van der Waals surface area contributed by atoms with Gasteiger partial charge in [-0.15, -0.1) is 0 Å². The van der Waals surface area contributed by atoms with Crippen molar-refractivity contribution in [1.29, 1.82) is 0 Å². The van der Waals surface area contributed by atoms with Gasteiger partial charge in [-0.1, -0.05) is 32.8 Å². The fraction of sp³-hybridized carbons (Fsp3) is 0.529. The van der Waals surface area contributed by atoms with E-state index in [-0.39, 0.29) is 6.54 Å². The number of hydrogen-bond donors (Lipinski definition) is 3. The summed E-state index contributed by atoms with van der Waals surface area (Å²) in [7, 11) is 0. The summed E-state index contributed by atoms with van der Waals surface area (Å²) in [5, 5.41) is 11.7. The van der Waals surface area contributed by atoms with E-state index in [1.165, 1.54) is 5.56 Å². The van der Waals surface area contributed by atoms with Gasteiger partial charge in [-0.3, -0.25) is 14.4 Å². The average molecular weight is 318 g/mol. The van der Waals surface area contributed by atoms with Gasteiger partial charge in [0.05, 0.1) is 12.2 Å². The number of rotatable bonds is 8. The molecule has 0 atom stereocenters. The van der Waals surface area contributed by atoms with Gasteiger partial charge < -0.3 is 5.32 Å². The number of anilines is 1. The fourth-order valence-corrected chi connectivity index (χ4v) is 2.81. The molecular formula is C17H26N4O2. The Labute approximate surface area is 136 Å². The number of carbonyl (C=O) groups excluding carboxylic acids is 1. The summed E-state index contributed by atoms with van der Waals surface area (Å²) in [5.41, 5.74) is 6.01. The molecule has 0 fully saturated rings. The lowest BCUT2D eigenvalue weighted by atomic mass is 10.1. The predicted molar refractivity (Wildman–Crippen MR) is 91.0 cm³/mol. The number of pyridine rings is 1. The molecule has 0 saturated carbocycles. The smallest absolute Gasteiger partial charge is 0.262 e. The topological polar surface area (TPSA) is 78.7 Å². The molecule has 0 aromatic carbocycles. The van der Waals surface area contributed by atoms with Gasteiger partial charge in [0.1, 0.15) is 11.5 Å². The highest BCUT2D eigenvalue weighted by Gasteiger charge is 2.16. The number of aryl methyl sites for hydroxylation is 3. The van der Waals surface area contributed by atoms with Gasteiger partial charge in [0.25, 0.3) is 5.91 Å². The number of amides is 1. The van der Waals surface area contributed by atoms with Crippen molar-refractivity contribution in [3.05, 3.63) is 29.1 Å². The van der Waals surface area contributed by atoms with Crippen LogP contribution in [-0.4, -0.2) is 27.0 Å². The molecule has 3 N–H and O–H groups in total. The average Bonchev–Trinajstić information content (AvgIpc) is 2.93. The summed E-state index contributed by atoms with van der Waals surface area (Å²) in [5.74, 6) is 0.253.